The number of rotatable bonds is 2. The molecule has 0 atom stereocenters. The van der Waals surface area contributed by atoms with E-state index in [4.69, 9.17) is 5.41 Å². The van der Waals surface area contributed by atoms with Crippen LogP contribution in [0, 0.1) is 5.41 Å². The molecule has 2 aliphatic rings. The SMILES string of the molecule is CC(=N)Cn1c2c(c3c1=CC=CCC=3)CN(C)CC2. The van der Waals surface area contributed by atoms with Crippen LogP contribution in [-0.4, -0.2) is 28.8 Å². The third-order valence-corrected chi connectivity index (χ3v) is 3.97. The average Bonchev–Trinajstić information content (AvgIpc) is 2.55. The van der Waals surface area contributed by atoms with Crippen LogP contribution in [0.3, 0.4) is 0 Å². The third-order valence-electron chi connectivity index (χ3n) is 3.97. The van der Waals surface area contributed by atoms with Gasteiger partial charge in [0.1, 0.15) is 0 Å². The average molecular weight is 255 g/mol. The second-order valence-electron chi connectivity index (χ2n) is 5.61. The van der Waals surface area contributed by atoms with Gasteiger partial charge >= 0.3 is 0 Å². The van der Waals surface area contributed by atoms with Crippen LogP contribution in [0.5, 0.6) is 0 Å². The van der Waals surface area contributed by atoms with Gasteiger partial charge in [-0.25, -0.2) is 0 Å². The standard InChI is InChI=1S/C16H21N3/c1-12(17)10-19-15-7-5-3-4-6-13(15)14-11-18(2)9-8-16(14)19/h3,5-7,17H,4,8-11H2,1-2H3. The summed E-state index contributed by atoms with van der Waals surface area (Å²) in [6.45, 7) is 4.76. The Bertz CT molecular complexity index is 661. The second-order valence-corrected chi connectivity index (χ2v) is 5.61. The Morgan fingerprint density at radius 3 is 3.05 bits per heavy atom. The Labute approximate surface area is 114 Å². The van der Waals surface area contributed by atoms with E-state index in [0.29, 0.717) is 0 Å². The fourth-order valence-electron chi connectivity index (χ4n) is 3.12. The Kier molecular flexibility index (Phi) is 3.15. The van der Waals surface area contributed by atoms with Gasteiger partial charge in [0, 0.05) is 41.5 Å². The number of hydrogen-bond acceptors (Lipinski definition) is 2. The van der Waals surface area contributed by atoms with E-state index < -0.39 is 0 Å². The van der Waals surface area contributed by atoms with Crippen LogP contribution in [0.15, 0.2) is 12.2 Å². The van der Waals surface area contributed by atoms with E-state index in [2.05, 4.69) is 40.8 Å². The molecule has 2 heterocycles. The van der Waals surface area contributed by atoms with E-state index >= 15 is 0 Å². The van der Waals surface area contributed by atoms with Crippen LogP contribution in [0.2, 0.25) is 0 Å². The van der Waals surface area contributed by atoms with E-state index in [-0.39, 0.29) is 0 Å². The Morgan fingerprint density at radius 2 is 2.26 bits per heavy atom. The van der Waals surface area contributed by atoms with Gasteiger partial charge in [-0.05, 0) is 32.0 Å². The number of aromatic nitrogens is 1. The molecule has 0 amide bonds. The normalized spacial score (nSPS) is 18.0. The Hall–Kier alpha value is -1.61. The lowest BCUT2D eigenvalue weighted by atomic mass is 10.1. The summed E-state index contributed by atoms with van der Waals surface area (Å²) in [7, 11) is 2.19. The van der Waals surface area contributed by atoms with Crippen molar-refractivity contribution in [1.29, 1.82) is 5.41 Å². The highest BCUT2D eigenvalue weighted by molar-refractivity contribution is 5.78. The molecular formula is C16H21N3. The third kappa shape index (κ3) is 2.19. The zero-order valence-corrected chi connectivity index (χ0v) is 11.7. The maximum Gasteiger partial charge on any atom is 0.0602 e. The number of allylic oxidation sites excluding steroid dienone is 2. The summed E-state index contributed by atoms with van der Waals surface area (Å²) in [5.41, 5.74) is 3.64. The minimum absolute atomic E-state index is 0.722. The van der Waals surface area contributed by atoms with Gasteiger partial charge in [0.15, 0.2) is 0 Å². The van der Waals surface area contributed by atoms with Crippen molar-refractivity contribution in [1.82, 2.24) is 9.47 Å². The van der Waals surface area contributed by atoms with Crippen molar-refractivity contribution in [3.05, 3.63) is 34.0 Å². The van der Waals surface area contributed by atoms with Crippen LogP contribution in [0.25, 0.3) is 12.2 Å². The number of nitrogens with one attached hydrogen (secondary N) is 1. The summed E-state index contributed by atoms with van der Waals surface area (Å²) < 4.78 is 2.35. The van der Waals surface area contributed by atoms with Gasteiger partial charge in [-0.15, -0.1) is 0 Å². The highest BCUT2D eigenvalue weighted by Gasteiger charge is 2.20. The minimum Gasteiger partial charge on any atom is -0.339 e. The Balaban J connectivity index is 2.27. The maximum atomic E-state index is 7.83. The van der Waals surface area contributed by atoms with Crippen molar-refractivity contribution >= 4 is 17.9 Å². The highest BCUT2D eigenvalue weighted by Crippen LogP contribution is 2.14. The molecule has 0 unspecified atom stereocenters. The van der Waals surface area contributed by atoms with E-state index in [1.165, 1.54) is 21.8 Å². The summed E-state index contributed by atoms with van der Waals surface area (Å²) in [6.07, 6.45) is 11.0. The second kappa shape index (κ2) is 4.82. The molecule has 1 aliphatic heterocycles. The Morgan fingerprint density at radius 1 is 1.42 bits per heavy atom. The van der Waals surface area contributed by atoms with Gasteiger partial charge < -0.3 is 14.9 Å². The number of likely N-dealkylation sites (N-methyl/N-ethyl adjacent to an activating group) is 1. The monoisotopic (exact) mass is 255 g/mol. The van der Waals surface area contributed by atoms with Gasteiger partial charge in [0.2, 0.25) is 0 Å². The lowest BCUT2D eigenvalue weighted by molar-refractivity contribution is 0.308. The van der Waals surface area contributed by atoms with Gasteiger partial charge in [-0.2, -0.15) is 0 Å². The molecular weight excluding hydrogens is 234 g/mol. The summed E-state index contributed by atoms with van der Waals surface area (Å²) in [5, 5.41) is 10.5. The molecule has 1 aliphatic carbocycles. The molecule has 19 heavy (non-hydrogen) atoms. The number of hydrogen-bond donors (Lipinski definition) is 1. The fourth-order valence-corrected chi connectivity index (χ4v) is 3.12. The topological polar surface area (TPSA) is 32.0 Å². The molecule has 0 aromatic carbocycles. The van der Waals surface area contributed by atoms with Crippen LogP contribution in [-0.2, 0) is 19.5 Å². The summed E-state index contributed by atoms with van der Waals surface area (Å²) in [4.78, 5) is 2.39. The maximum absolute atomic E-state index is 7.83. The first-order chi connectivity index (χ1) is 9.16. The van der Waals surface area contributed by atoms with Gasteiger partial charge in [0.05, 0.1) is 6.54 Å². The van der Waals surface area contributed by atoms with E-state index in [1.807, 2.05) is 6.92 Å². The molecule has 3 rings (SSSR count). The van der Waals surface area contributed by atoms with Crippen LogP contribution < -0.4 is 10.6 Å². The van der Waals surface area contributed by atoms with Crippen molar-refractivity contribution in [3.8, 4) is 0 Å². The van der Waals surface area contributed by atoms with Gasteiger partial charge in [-0.1, -0.05) is 18.2 Å². The molecule has 0 radical (unpaired) electrons. The van der Waals surface area contributed by atoms with Crippen molar-refractivity contribution in [2.75, 3.05) is 13.6 Å². The van der Waals surface area contributed by atoms with E-state index in [0.717, 1.165) is 38.2 Å². The first kappa shape index (κ1) is 12.4. The zero-order valence-electron chi connectivity index (χ0n) is 11.7. The van der Waals surface area contributed by atoms with Crippen LogP contribution >= 0.6 is 0 Å². The lowest BCUT2D eigenvalue weighted by Crippen LogP contribution is -2.32. The molecule has 0 saturated heterocycles. The van der Waals surface area contributed by atoms with Crippen molar-refractivity contribution in [2.24, 2.45) is 0 Å². The minimum atomic E-state index is 0.722. The van der Waals surface area contributed by atoms with Crippen molar-refractivity contribution < 1.29 is 0 Å². The first-order valence-electron chi connectivity index (χ1n) is 6.96. The van der Waals surface area contributed by atoms with E-state index in [9.17, 15) is 0 Å². The molecule has 3 nitrogen and oxygen atoms in total. The molecule has 0 spiro atoms. The summed E-state index contributed by atoms with van der Waals surface area (Å²) in [6, 6.07) is 0. The number of fused-ring (bicyclic) bond motifs is 3. The predicted molar refractivity (Wildman–Crippen MR) is 79.8 cm³/mol. The van der Waals surface area contributed by atoms with Gasteiger partial charge in [-0.3, -0.25) is 0 Å². The van der Waals surface area contributed by atoms with Crippen molar-refractivity contribution in [3.63, 3.8) is 0 Å². The molecule has 0 fully saturated rings. The van der Waals surface area contributed by atoms with Crippen LogP contribution in [0.4, 0.5) is 0 Å². The highest BCUT2D eigenvalue weighted by atomic mass is 15.1. The molecule has 3 heteroatoms. The fraction of sp³-hybridized carbons (Fsp3) is 0.438. The molecule has 100 valence electrons. The van der Waals surface area contributed by atoms with Gasteiger partial charge in [0.25, 0.3) is 0 Å². The zero-order chi connectivity index (χ0) is 13.4. The molecule has 0 saturated carbocycles. The molecule has 1 N–H and O–H groups in total. The number of nitrogens with zero attached hydrogens (tertiary/aromatic N) is 2. The summed E-state index contributed by atoms with van der Waals surface area (Å²) in [5.74, 6) is 0. The van der Waals surface area contributed by atoms with E-state index in [1.54, 1.807) is 0 Å². The predicted octanol–water partition coefficient (Wildman–Crippen LogP) is 1.04. The smallest absolute Gasteiger partial charge is 0.0602 e. The molecule has 1 aromatic heterocycles. The van der Waals surface area contributed by atoms with Crippen LogP contribution in [0.1, 0.15) is 24.6 Å². The largest absolute Gasteiger partial charge is 0.339 e. The quantitative estimate of drug-likeness (QED) is 0.787. The molecule has 1 aromatic rings. The first-order valence-corrected chi connectivity index (χ1v) is 6.96. The summed E-state index contributed by atoms with van der Waals surface area (Å²) >= 11 is 0. The molecule has 0 bridgehead atoms. The lowest BCUT2D eigenvalue weighted by Gasteiger charge is -2.24. The van der Waals surface area contributed by atoms with Crippen molar-refractivity contribution in [2.45, 2.75) is 32.9 Å².